The lowest BCUT2D eigenvalue weighted by molar-refractivity contribution is 0.0920. The van der Waals surface area contributed by atoms with Crippen LogP contribution in [-0.4, -0.2) is 18.5 Å². The quantitative estimate of drug-likeness (QED) is 0.879. The number of carbonyl (C=O) groups is 1. The fourth-order valence-corrected chi connectivity index (χ4v) is 2.65. The first-order valence-corrected chi connectivity index (χ1v) is 6.58. The SMILES string of the molecule is NCC(NC(=O)c1ccc(F)cc1F)C1CCCC1. The van der Waals surface area contributed by atoms with Gasteiger partial charge in [-0.05, 0) is 30.9 Å². The lowest BCUT2D eigenvalue weighted by Crippen LogP contribution is -2.44. The number of hydrogen-bond acceptors (Lipinski definition) is 2. The standard InChI is InChI=1S/C14H18F2N2O/c15-10-5-6-11(12(16)7-10)14(19)18-13(8-17)9-3-1-2-4-9/h5-7,9,13H,1-4,8,17H2,(H,18,19). The van der Waals surface area contributed by atoms with Crippen molar-refractivity contribution in [1.29, 1.82) is 0 Å². The molecule has 0 spiro atoms. The number of halogens is 2. The molecule has 1 aliphatic rings. The van der Waals surface area contributed by atoms with Gasteiger partial charge in [-0.3, -0.25) is 4.79 Å². The minimum absolute atomic E-state index is 0.139. The molecule has 0 saturated heterocycles. The third kappa shape index (κ3) is 3.29. The van der Waals surface area contributed by atoms with Crippen molar-refractivity contribution in [3.63, 3.8) is 0 Å². The summed E-state index contributed by atoms with van der Waals surface area (Å²) >= 11 is 0. The molecule has 1 fully saturated rings. The number of benzene rings is 1. The second kappa shape index (κ2) is 6.10. The van der Waals surface area contributed by atoms with E-state index in [9.17, 15) is 13.6 Å². The summed E-state index contributed by atoms with van der Waals surface area (Å²) in [7, 11) is 0. The molecule has 3 N–H and O–H groups in total. The summed E-state index contributed by atoms with van der Waals surface area (Å²) in [6.07, 6.45) is 4.35. The Balaban J connectivity index is 2.06. The third-order valence-electron chi connectivity index (χ3n) is 3.72. The summed E-state index contributed by atoms with van der Waals surface area (Å²) in [5.74, 6) is -1.71. The Bertz CT molecular complexity index is 459. The van der Waals surface area contributed by atoms with Crippen LogP contribution in [0.5, 0.6) is 0 Å². The smallest absolute Gasteiger partial charge is 0.254 e. The van der Waals surface area contributed by atoms with Gasteiger partial charge < -0.3 is 11.1 Å². The highest BCUT2D eigenvalue weighted by Gasteiger charge is 2.26. The molecule has 1 aromatic carbocycles. The van der Waals surface area contributed by atoms with Crippen LogP contribution in [0.25, 0.3) is 0 Å². The minimum atomic E-state index is -0.848. The number of carbonyl (C=O) groups excluding carboxylic acids is 1. The van der Waals surface area contributed by atoms with E-state index in [1.165, 1.54) is 0 Å². The van der Waals surface area contributed by atoms with E-state index in [0.29, 0.717) is 18.5 Å². The molecule has 1 unspecified atom stereocenters. The van der Waals surface area contributed by atoms with Gasteiger partial charge in [-0.2, -0.15) is 0 Å². The molecular weight excluding hydrogens is 250 g/mol. The zero-order chi connectivity index (χ0) is 13.8. The summed E-state index contributed by atoms with van der Waals surface area (Å²) in [5, 5.41) is 2.76. The largest absolute Gasteiger partial charge is 0.348 e. The number of rotatable bonds is 4. The highest BCUT2D eigenvalue weighted by molar-refractivity contribution is 5.94. The first-order chi connectivity index (χ1) is 9.11. The summed E-state index contributed by atoms with van der Waals surface area (Å²) < 4.78 is 26.3. The molecule has 0 heterocycles. The normalized spacial score (nSPS) is 17.4. The molecule has 1 aliphatic carbocycles. The van der Waals surface area contributed by atoms with E-state index in [4.69, 9.17) is 5.73 Å². The summed E-state index contributed by atoms with van der Waals surface area (Å²) in [4.78, 5) is 12.0. The van der Waals surface area contributed by atoms with Crippen LogP contribution in [0.2, 0.25) is 0 Å². The summed E-state index contributed by atoms with van der Waals surface area (Å²) in [6.45, 7) is 0.333. The predicted octanol–water partition coefficient (Wildman–Crippen LogP) is 2.21. The van der Waals surface area contributed by atoms with Crippen molar-refractivity contribution in [1.82, 2.24) is 5.32 Å². The Morgan fingerprint density at radius 3 is 2.63 bits per heavy atom. The summed E-state index contributed by atoms with van der Waals surface area (Å²) in [6, 6.07) is 2.80. The molecule has 1 saturated carbocycles. The zero-order valence-corrected chi connectivity index (χ0v) is 10.7. The fraction of sp³-hybridized carbons (Fsp3) is 0.500. The second-order valence-corrected chi connectivity index (χ2v) is 4.98. The van der Waals surface area contributed by atoms with Crippen LogP contribution in [0.1, 0.15) is 36.0 Å². The van der Waals surface area contributed by atoms with Gasteiger partial charge in [-0.25, -0.2) is 8.78 Å². The first-order valence-electron chi connectivity index (χ1n) is 6.58. The van der Waals surface area contributed by atoms with Crippen LogP contribution in [0.3, 0.4) is 0 Å². The molecule has 0 aromatic heterocycles. The van der Waals surface area contributed by atoms with E-state index in [1.807, 2.05) is 0 Å². The molecule has 19 heavy (non-hydrogen) atoms. The lowest BCUT2D eigenvalue weighted by atomic mass is 9.98. The topological polar surface area (TPSA) is 55.1 Å². The van der Waals surface area contributed by atoms with E-state index >= 15 is 0 Å². The van der Waals surface area contributed by atoms with Crippen molar-refractivity contribution < 1.29 is 13.6 Å². The molecule has 1 aromatic rings. The number of nitrogens with two attached hydrogens (primary N) is 1. The van der Waals surface area contributed by atoms with Gasteiger partial charge in [0.05, 0.1) is 5.56 Å². The second-order valence-electron chi connectivity index (χ2n) is 4.98. The van der Waals surface area contributed by atoms with Gasteiger partial charge in [0.25, 0.3) is 5.91 Å². The molecule has 0 bridgehead atoms. The molecule has 1 amide bonds. The monoisotopic (exact) mass is 268 g/mol. The van der Waals surface area contributed by atoms with Gasteiger partial charge in [-0.15, -0.1) is 0 Å². The molecular formula is C14H18F2N2O. The Morgan fingerprint density at radius 2 is 2.05 bits per heavy atom. The Morgan fingerprint density at radius 1 is 1.37 bits per heavy atom. The van der Waals surface area contributed by atoms with E-state index in [0.717, 1.165) is 37.8 Å². The zero-order valence-electron chi connectivity index (χ0n) is 10.7. The Labute approximate surface area is 111 Å². The number of hydrogen-bond donors (Lipinski definition) is 2. The maximum absolute atomic E-state index is 13.5. The van der Waals surface area contributed by atoms with Crippen LogP contribution in [0.4, 0.5) is 8.78 Å². The van der Waals surface area contributed by atoms with Gasteiger partial charge in [-0.1, -0.05) is 12.8 Å². The van der Waals surface area contributed by atoms with Gasteiger partial charge >= 0.3 is 0 Å². The van der Waals surface area contributed by atoms with Crippen LogP contribution in [0, 0.1) is 17.6 Å². The van der Waals surface area contributed by atoms with Crippen LogP contribution in [-0.2, 0) is 0 Å². The highest BCUT2D eigenvalue weighted by Crippen LogP contribution is 2.27. The van der Waals surface area contributed by atoms with Crippen molar-refractivity contribution in [3.8, 4) is 0 Å². The van der Waals surface area contributed by atoms with E-state index in [1.54, 1.807) is 0 Å². The average Bonchev–Trinajstić information content (AvgIpc) is 2.89. The molecule has 5 heteroatoms. The van der Waals surface area contributed by atoms with Crippen molar-refractivity contribution in [3.05, 3.63) is 35.4 Å². The Hall–Kier alpha value is -1.49. The minimum Gasteiger partial charge on any atom is -0.348 e. The van der Waals surface area contributed by atoms with Crippen molar-refractivity contribution in [2.24, 2.45) is 11.7 Å². The molecule has 2 rings (SSSR count). The van der Waals surface area contributed by atoms with Gasteiger partial charge in [0, 0.05) is 18.7 Å². The molecule has 0 aliphatic heterocycles. The molecule has 1 atom stereocenters. The Kier molecular flexibility index (Phi) is 4.47. The van der Waals surface area contributed by atoms with E-state index < -0.39 is 17.5 Å². The maximum atomic E-state index is 13.5. The van der Waals surface area contributed by atoms with Crippen LogP contribution in [0.15, 0.2) is 18.2 Å². The van der Waals surface area contributed by atoms with E-state index in [-0.39, 0.29) is 11.6 Å². The first kappa shape index (κ1) is 13.9. The van der Waals surface area contributed by atoms with Crippen molar-refractivity contribution in [2.45, 2.75) is 31.7 Å². The fourth-order valence-electron chi connectivity index (χ4n) is 2.65. The van der Waals surface area contributed by atoms with E-state index in [2.05, 4.69) is 5.32 Å². The van der Waals surface area contributed by atoms with Crippen molar-refractivity contribution >= 4 is 5.91 Å². The van der Waals surface area contributed by atoms with Crippen molar-refractivity contribution in [2.75, 3.05) is 6.54 Å². The lowest BCUT2D eigenvalue weighted by Gasteiger charge is -2.23. The van der Waals surface area contributed by atoms with Gasteiger partial charge in [0.1, 0.15) is 11.6 Å². The molecule has 104 valence electrons. The maximum Gasteiger partial charge on any atom is 0.254 e. The highest BCUT2D eigenvalue weighted by atomic mass is 19.1. The molecule has 3 nitrogen and oxygen atoms in total. The predicted molar refractivity (Wildman–Crippen MR) is 68.6 cm³/mol. The molecule has 0 radical (unpaired) electrons. The van der Waals surface area contributed by atoms with Crippen LogP contribution < -0.4 is 11.1 Å². The summed E-state index contributed by atoms with van der Waals surface area (Å²) in [5.41, 5.74) is 5.53. The number of nitrogens with one attached hydrogen (secondary N) is 1. The third-order valence-corrected chi connectivity index (χ3v) is 3.72. The average molecular weight is 268 g/mol. The van der Waals surface area contributed by atoms with Gasteiger partial charge in [0.2, 0.25) is 0 Å². The van der Waals surface area contributed by atoms with Gasteiger partial charge in [0.15, 0.2) is 0 Å². The van der Waals surface area contributed by atoms with Crippen LogP contribution >= 0.6 is 0 Å². The number of amides is 1.